The van der Waals surface area contributed by atoms with Crippen LogP contribution in [0, 0.1) is 5.92 Å². The SMILES string of the molecule is CN(C)C(=O)c1cccc(CN2CCC[C@@H](Cn3cncn3)C2)c1. The third kappa shape index (κ3) is 4.20. The van der Waals surface area contributed by atoms with Crippen molar-refractivity contribution in [3.05, 3.63) is 48.0 Å². The number of piperidine rings is 1. The molecule has 0 N–H and O–H groups in total. The van der Waals surface area contributed by atoms with Crippen molar-refractivity contribution in [3.8, 4) is 0 Å². The molecule has 1 amide bonds. The minimum Gasteiger partial charge on any atom is -0.345 e. The quantitative estimate of drug-likeness (QED) is 0.841. The van der Waals surface area contributed by atoms with Crippen LogP contribution in [0.2, 0.25) is 0 Å². The van der Waals surface area contributed by atoms with Crippen LogP contribution in [0.5, 0.6) is 0 Å². The number of carbonyl (C=O) groups is 1. The lowest BCUT2D eigenvalue weighted by Crippen LogP contribution is -2.36. The molecule has 1 aromatic heterocycles. The lowest BCUT2D eigenvalue weighted by molar-refractivity contribution is 0.0827. The van der Waals surface area contributed by atoms with E-state index < -0.39 is 0 Å². The molecule has 0 radical (unpaired) electrons. The summed E-state index contributed by atoms with van der Waals surface area (Å²) < 4.78 is 1.92. The normalized spacial score (nSPS) is 18.5. The van der Waals surface area contributed by atoms with Gasteiger partial charge in [0.15, 0.2) is 0 Å². The van der Waals surface area contributed by atoms with E-state index >= 15 is 0 Å². The van der Waals surface area contributed by atoms with E-state index in [1.165, 1.54) is 18.4 Å². The highest BCUT2D eigenvalue weighted by Crippen LogP contribution is 2.20. The molecule has 1 aliphatic heterocycles. The zero-order valence-electron chi connectivity index (χ0n) is 14.4. The molecule has 0 spiro atoms. The number of amides is 1. The van der Waals surface area contributed by atoms with Crippen molar-refractivity contribution in [2.24, 2.45) is 5.92 Å². The Balaban J connectivity index is 1.61. The summed E-state index contributed by atoms with van der Waals surface area (Å²) in [7, 11) is 3.57. The molecule has 1 aromatic carbocycles. The summed E-state index contributed by atoms with van der Waals surface area (Å²) in [5.74, 6) is 0.659. The fourth-order valence-corrected chi connectivity index (χ4v) is 3.35. The second kappa shape index (κ2) is 7.57. The number of rotatable bonds is 5. The average molecular weight is 327 g/mol. The van der Waals surface area contributed by atoms with Gasteiger partial charge >= 0.3 is 0 Å². The van der Waals surface area contributed by atoms with Gasteiger partial charge in [0.2, 0.25) is 0 Å². The van der Waals surface area contributed by atoms with Crippen LogP contribution in [0.25, 0.3) is 0 Å². The largest absolute Gasteiger partial charge is 0.345 e. The first kappa shape index (κ1) is 16.6. The number of aromatic nitrogens is 3. The number of likely N-dealkylation sites (tertiary alicyclic amines) is 1. The molecular weight excluding hydrogens is 302 g/mol. The molecule has 1 saturated heterocycles. The second-order valence-corrected chi connectivity index (χ2v) is 6.76. The topological polar surface area (TPSA) is 54.3 Å². The van der Waals surface area contributed by atoms with E-state index in [1.54, 1.807) is 31.6 Å². The Morgan fingerprint density at radius 2 is 2.25 bits per heavy atom. The van der Waals surface area contributed by atoms with Gasteiger partial charge in [-0.1, -0.05) is 12.1 Å². The highest BCUT2D eigenvalue weighted by molar-refractivity contribution is 5.94. The standard InChI is InChI=1S/C18H25N5O/c1-21(2)18(24)17-7-3-5-15(9-17)10-22-8-4-6-16(11-22)12-23-14-19-13-20-23/h3,5,7,9,13-14,16H,4,6,8,10-12H2,1-2H3/t16-/m1/s1. The Bertz CT molecular complexity index is 668. The van der Waals surface area contributed by atoms with Crippen LogP contribution in [0.1, 0.15) is 28.8 Å². The number of hydrogen-bond acceptors (Lipinski definition) is 4. The van der Waals surface area contributed by atoms with Crippen LogP contribution >= 0.6 is 0 Å². The summed E-state index contributed by atoms with van der Waals surface area (Å²) in [6, 6.07) is 7.98. The molecule has 1 atom stereocenters. The van der Waals surface area contributed by atoms with Crippen LogP contribution < -0.4 is 0 Å². The van der Waals surface area contributed by atoms with Gasteiger partial charge in [0.05, 0.1) is 0 Å². The molecule has 128 valence electrons. The van der Waals surface area contributed by atoms with Crippen molar-refractivity contribution in [1.82, 2.24) is 24.6 Å². The summed E-state index contributed by atoms with van der Waals surface area (Å²) in [5.41, 5.74) is 1.96. The number of carbonyl (C=O) groups excluding carboxylic acids is 1. The van der Waals surface area contributed by atoms with Gasteiger partial charge in [-0.25, -0.2) is 4.98 Å². The molecule has 1 fully saturated rings. The predicted molar refractivity (Wildman–Crippen MR) is 92.5 cm³/mol. The van der Waals surface area contributed by atoms with Crippen molar-refractivity contribution < 1.29 is 4.79 Å². The van der Waals surface area contributed by atoms with Crippen LogP contribution in [0.3, 0.4) is 0 Å². The van der Waals surface area contributed by atoms with Crippen molar-refractivity contribution in [2.45, 2.75) is 25.9 Å². The Hall–Kier alpha value is -2.21. The van der Waals surface area contributed by atoms with E-state index in [1.807, 2.05) is 22.9 Å². The molecule has 1 aliphatic rings. The molecule has 0 unspecified atom stereocenters. The zero-order chi connectivity index (χ0) is 16.9. The molecule has 0 saturated carbocycles. The van der Waals surface area contributed by atoms with Crippen LogP contribution in [-0.2, 0) is 13.1 Å². The van der Waals surface area contributed by atoms with Gasteiger partial charge in [-0.15, -0.1) is 0 Å². The molecule has 6 heteroatoms. The van der Waals surface area contributed by atoms with E-state index in [9.17, 15) is 4.79 Å². The molecule has 0 aliphatic carbocycles. The minimum atomic E-state index is 0.0551. The van der Waals surface area contributed by atoms with Crippen LogP contribution in [0.4, 0.5) is 0 Å². The van der Waals surface area contributed by atoms with Crippen molar-refractivity contribution in [2.75, 3.05) is 27.2 Å². The first-order valence-electron chi connectivity index (χ1n) is 8.47. The molecule has 2 aromatic rings. The van der Waals surface area contributed by atoms with Crippen molar-refractivity contribution in [3.63, 3.8) is 0 Å². The maximum atomic E-state index is 12.1. The van der Waals surface area contributed by atoms with Crippen molar-refractivity contribution in [1.29, 1.82) is 0 Å². The summed E-state index contributed by atoms with van der Waals surface area (Å²) in [5, 5.41) is 4.21. The smallest absolute Gasteiger partial charge is 0.253 e. The zero-order valence-corrected chi connectivity index (χ0v) is 14.4. The molecule has 24 heavy (non-hydrogen) atoms. The third-order valence-electron chi connectivity index (χ3n) is 4.50. The van der Waals surface area contributed by atoms with E-state index in [4.69, 9.17) is 0 Å². The fraction of sp³-hybridized carbons (Fsp3) is 0.500. The molecule has 3 rings (SSSR count). The molecule has 2 heterocycles. The van der Waals surface area contributed by atoms with Gasteiger partial charge in [-0.05, 0) is 43.0 Å². The second-order valence-electron chi connectivity index (χ2n) is 6.76. The molecule has 6 nitrogen and oxygen atoms in total. The van der Waals surface area contributed by atoms with E-state index in [0.29, 0.717) is 5.92 Å². The maximum absolute atomic E-state index is 12.1. The highest BCUT2D eigenvalue weighted by Gasteiger charge is 2.21. The number of hydrogen-bond donors (Lipinski definition) is 0. The fourth-order valence-electron chi connectivity index (χ4n) is 3.35. The summed E-state index contributed by atoms with van der Waals surface area (Å²) >= 11 is 0. The summed E-state index contributed by atoms with van der Waals surface area (Å²) in [4.78, 5) is 20.2. The third-order valence-corrected chi connectivity index (χ3v) is 4.50. The Morgan fingerprint density at radius 3 is 3.00 bits per heavy atom. The molecular formula is C18H25N5O. The van der Waals surface area contributed by atoms with Gasteiger partial charge in [0, 0.05) is 39.3 Å². The highest BCUT2D eigenvalue weighted by atomic mass is 16.2. The van der Waals surface area contributed by atoms with Gasteiger partial charge in [-0.3, -0.25) is 14.4 Å². The summed E-state index contributed by atoms with van der Waals surface area (Å²) in [6.45, 7) is 3.99. The van der Waals surface area contributed by atoms with E-state index in [-0.39, 0.29) is 5.91 Å². The minimum absolute atomic E-state index is 0.0551. The molecule has 0 bridgehead atoms. The predicted octanol–water partition coefficient (Wildman–Crippen LogP) is 1.89. The van der Waals surface area contributed by atoms with Gasteiger partial charge in [0.1, 0.15) is 12.7 Å². The van der Waals surface area contributed by atoms with E-state index in [2.05, 4.69) is 21.0 Å². The van der Waals surface area contributed by atoms with Crippen molar-refractivity contribution >= 4 is 5.91 Å². The van der Waals surface area contributed by atoms with Gasteiger partial charge in [-0.2, -0.15) is 5.10 Å². The summed E-state index contributed by atoms with van der Waals surface area (Å²) in [6.07, 6.45) is 5.81. The Labute approximate surface area is 143 Å². The monoisotopic (exact) mass is 327 g/mol. The number of nitrogens with zero attached hydrogens (tertiary/aromatic N) is 5. The Kier molecular flexibility index (Phi) is 5.25. The van der Waals surface area contributed by atoms with Gasteiger partial charge < -0.3 is 4.90 Å². The van der Waals surface area contributed by atoms with Crippen LogP contribution in [-0.4, -0.2) is 57.7 Å². The Morgan fingerprint density at radius 1 is 1.38 bits per heavy atom. The maximum Gasteiger partial charge on any atom is 0.253 e. The lowest BCUT2D eigenvalue weighted by Gasteiger charge is -2.32. The van der Waals surface area contributed by atoms with Crippen LogP contribution in [0.15, 0.2) is 36.9 Å². The average Bonchev–Trinajstić information content (AvgIpc) is 3.07. The van der Waals surface area contributed by atoms with Gasteiger partial charge in [0.25, 0.3) is 5.91 Å². The first-order chi connectivity index (χ1) is 11.6. The number of benzene rings is 1. The lowest BCUT2D eigenvalue weighted by atomic mass is 9.97. The van der Waals surface area contributed by atoms with E-state index in [0.717, 1.165) is 31.7 Å². The first-order valence-corrected chi connectivity index (χ1v) is 8.47.